The Morgan fingerprint density at radius 2 is 2.08 bits per heavy atom. The van der Waals surface area contributed by atoms with Gasteiger partial charge in [0.2, 0.25) is 16.2 Å². The smallest absolute Gasteiger partial charge is 0.223 e. The van der Waals surface area contributed by atoms with E-state index in [9.17, 15) is 4.79 Å². The molecule has 3 heterocycles. The topological polar surface area (TPSA) is 87.4 Å². The third-order valence-electron chi connectivity index (χ3n) is 4.67. The Hall–Kier alpha value is -2.52. The van der Waals surface area contributed by atoms with Gasteiger partial charge in [0.15, 0.2) is 12.0 Å². The summed E-state index contributed by atoms with van der Waals surface area (Å²) in [7, 11) is 0. The predicted octanol–water partition coefficient (Wildman–Crippen LogP) is 2.52. The van der Waals surface area contributed by atoms with Gasteiger partial charge in [-0.15, -0.1) is 10.2 Å². The second-order valence-electron chi connectivity index (χ2n) is 6.35. The summed E-state index contributed by atoms with van der Waals surface area (Å²) in [6.07, 6.45) is 1.48. The highest BCUT2D eigenvalue weighted by Gasteiger charge is 2.24. The second-order valence-corrected chi connectivity index (χ2v) is 7.31. The van der Waals surface area contributed by atoms with E-state index >= 15 is 0 Å². The lowest BCUT2D eigenvalue weighted by Crippen LogP contribution is -2.47. The molecule has 8 nitrogen and oxygen atoms in total. The number of carbonyl (C=O) groups is 1. The summed E-state index contributed by atoms with van der Waals surface area (Å²) < 4.78 is 5.42. The summed E-state index contributed by atoms with van der Waals surface area (Å²) in [5, 5.41) is 12.3. The molecule has 1 atom stereocenters. The largest absolute Gasteiger partial charge is 0.443 e. The third kappa shape index (κ3) is 3.40. The van der Waals surface area contributed by atoms with E-state index in [-0.39, 0.29) is 5.91 Å². The highest BCUT2D eigenvalue weighted by Crippen LogP contribution is 2.28. The van der Waals surface area contributed by atoms with E-state index < -0.39 is 0 Å². The van der Waals surface area contributed by atoms with Gasteiger partial charge in [-0.25, -0.2) is 4.98 Å². The van der Waals surface area contributed by atoms with Crippen LogP contribution in [-0.2, 0) is 4.79 Å². The van der Waals surface area contributed by atoms with Crippen LogP contribution in [0.5, 0.6) is 0 Å². The maximum Gasteiger partial charge on any atom is 0.223 e. The van der Waals surface area contributed by atoms with Gasteiger partial charge in [0.25, 0.3) is 0 Å². The Morgan fingerprint density at radius 1 is 1.27 bits per heavy atom. The lowest BCUT2D eigenvalue weighted by molar-refractivity contribution is -0.114. The number of piperazine rings is 1. The maximum absolute atomic E-state index is 11.1. The van der Waals surface area contributed by atoms with Crippen molar-refractivity contribution < 1.29 is 9.21 Å². The van der Waals surface area contributed by atoms with Crippen LogP contribution in [0.3, 0.4) is 0 Å². The zero-order chi connectivity index (χ0) is 18.1. The number of hydrogen-bond acceptors (Lipinski definition) is 8. The fraction of sp³-hybridized carbons (Fsp3) is 0.412. The van der Waals surface area contributed by atoms with Crippen LogP contribution in [0, 0.1) is 0 Å². The van der Waals surface area contributed by atoms with E-state index in [1.54, 1.807) is 0 Å². The van der Waals surface area contributed by atoms with E-state index in [0.29, 0.717) is 11.2 Å². The van der Waals surface area contributed by atoms with Crippen LogP contribution in [0.1, 0.15) is 25.5 Å². The minimum Gasteiger partial charge on any atom is -0.443 e. The minimum absolute atomic E-state index is 0.130. The van der Waals surface area contributed by atoms with Crippen molar-refractivity contribution in [2.45, 2.75) is 19.9 Å². The maximum atomic E-state index is 11.1. The fourth-order valence-electron chi connectivity index (χ4n) is 3.19. The summed E-state index contributed by atoms with van der Waals surface area (Å²) in [5.41, 5.74) is 2.94. The van der Waals surface area contributed by atoms with Crippen LogP contribution in [0.15, 0.2) is 29.0 Å². The van der Waals surface area contributed by atoms with Crippen LogP contribution in [0.2, 0.25) is 0 Å². The zero-order valence-corrected chi connectivity index (χ0v) is 15.5. The molecular formula is C17H20N6O2S. The van der Waals surface area contributed by atoms with Crippen molar-refractivity contribution in [3.63, 3.8) is 0 Å². The fourth-order valence-corrected chi connectivity index (χ4v) is 4.03. The van der Waals surface area contributed by atoms with E-state index in [2.05, 4.69) is 49.4 Å². The first-order valence-corrected chi connectivity index (χ1v) is 9.35. The molecule has 0 radical (unpaired) electrons. The van der Waals surface area contributed by atoms with Crippen molar-refractivity contribution in [1.82, 2.24) is 20.1 Å². The van der Waals surface area contributed by atoms with E-state index in [4.69, 9.17) is 4.42 Å². The number of hydrogen-bond donors (Lipinski definition) is 1. The van der Waals surface area contributed by atoms with Crippen LogP contribution in [0.25, 0.3) is 11.1 Å². The van der Waals surface area contributed by atoms with E-state index in [0.717, 1.165) is 42.4 Å². The number of amides is 1. The highest BCUT2D eigenvalue weighted by molar-refractivity contribution is 7.19. The molecule has 1 unspecified atom stereocenters. The van der Waals surface area contributed by atoms with Gasteiger partial charge in [0, 0.05) is 39.1 Å². The van der Waals surface area contributed by atoms with Crippen molar-refractivity contribution in [3.8, 4) is 0 Å². The monoisotopic (exact) mass is 372 g/mol. The summed E-state index contributed by atoms with van der Waals surface area (Å²) in [6, 6.07) is 6.50. The van der Waals surface area contributed by atoms with Gasteiger partial charge in [-0.2, -0.15) is 0 Å². The molecule has 136 valence electrons. The van der Waals surface area contributed by atoms with Gasteiger partial charge in [0.1, 0.15) is 5.52 Å². The first-order chi connectivity index (χ1) is 12.6. The molecule has 2 aromatic heterocycles. The number of anilines is 2. The van der Waals surface area contributed by atoms with Crippen molar-refractivity contribution in [1.29, 1.82) is 0 Å². The molecule has 1 N–H and O–H groups in total. The molecule has 1 aliphatic heterocycles. The lowest BCUT2D eigenvalue weighted by atomic mass is 10.1. The molecule has 3 aromatic rings. The van der Waals surface area contributed by atoms with Gasteiger partial charge in [-0.1, -0.05) is 17.4 Å². The minimum atomic E-state index is -0.130. The number of carbonyl (C=O) groups excluding carboxylic acids is 1. The van der Waals surface area contributed by atoms with Crippen LogP contribution in [0.4, 0.5) is 10.3 Å². The summed E-state index contributed by atoms with van der Waals surface area (Å²) in [6.45, 7) is 7.31. The Morgan fingerprint density at radius 3 is 2.85 bits per heavy atom. The third-order valence-corrected chi connectivity index (χ3v) is 5.57. The molecule has 26 heavy (non-hydrogen) atoms. The average molecular weight is 372 g/mol. The number of aromatic nitrogens is 3. The van der Waals surface area contributed by atoms with Crippen LogP contribution < -0.4 is 10.2 Å². The van der Waals surface area contributed by atoms with Crippen LogP contribution in [-0.4, -0.2) is 52.2 Å². The number of fused-ring (bicyclic) bond motifs is 1. The van der Waals surface area contributed by atoms with Gasteiger partial charge in [-0.3, -0.25) is 9.69 Å². The molecule has 1 aliphatic rings. The van der Waals surface area contributed by atoms with Crippen molar-refractivity contribution in [2.24, 2.45) is 0 Å². The first-order valence-electron chi connectivity index (χ1n) is 8.53. The Balaban J connectivity index is 1.39. The summed E-state index contributed by atoms with van der Waals surface area (Å²) in [4.78, 5) is 19.9. The van der Waals surface area contributed by atoms with Crippen molar-refractivity contribution in [2.75, 3.05) is 36.4 Å². The molecule has 0 bridgehead atoms. The number of benzene rings is 1. The summed E-state index contributed by atoms with van der Waals surface area (Å²) in [5.74, 6) is -0.130. The average Bonchev–Trinajstić information content (AvgIpc) is 3.29. The normalized spacial score (nSPS) is 16.8. The van der Waals surface area contributed by atoms with Gasteiger partial charge in [-0.05, 0) is 24.6 Å². The van der Waals surface area contributed by atoms with Gasteiger partial charge >= 0.3 is 0 Å². The molecule has 0 spiro atoms. The molecular weight excluding hydrogens is 352 g/mol. The molecule has 1 amide bonds. The quantitative estimate of drug-likeness (QED) is 0.753. The van der Waals surface area contributed by atoms with Gasteiger partial charge < -0.3 is 14.6 Å². The highest BCUT2D eigenvalue weighted by atomic mass is 32.1. The number of rotatable bonds is 4. The van der Waals surface area contributed by atoms with Crippen molar-refractivity contribution >= 4 is 38.6 Å². The SMILES string of the molecule is CC(=O)Nc1nnc(N2CCN(C(C)c3ccc4ncoc4c3)CC2)s1. The number of oxazole rings is 1. The first kappa shape index (κ1) is 16.9. The molecule has 4 rings (SSSR count). The predicted molar refractivity (Wildman–Crippen MR) is 100 cm³/mol. The van der Waals surface area contributed by atoms with Crippen LogP contribution >= 0.6 is 11.3 Å². The molecule has 1 saturated heterocycles. The number of nitrogens with zero attached hydrogens (tertiary/aromatic N) is 5. The number of nitrogens with one attached hydrogen (secondary N) is 1. The standard InChI is InChI=1S/C17H20N6O2S/c1-11(13-3-4-14-15(9-13)25-10-18-14)22-5-7-23(8-6-22)17-21-20-16(26-17)19-12(2)24/h3-4,9-11H,5-8H2,1-2H3,(H,19,20,24). The Labute approximate surface area is 154 Å². The Kier molecular flexibility index (Phi) is 4.56. The summed E-state index contributed by atoms with van der Waals surface area (Å²) >= 11 is 1.41. The molecule has 1 aromatic carbocycles. The van der Waals surface area contributed by atoms with E-state index in [1.807, 2.05) is 6.07 Å². The zero-order valence-electron chi connectivity index (χ0n) is 14.7. The molecule has 1 fully saturated rings. The second kappa shape index (κ2) is 7.00. The Bertz CT molecular complexity index is 915. The molecule has 0 aliphatic carbocycles. The van der Waals surface area contributed by atoms with Crippen molar-refractivity contribution in [3.05, 3.63) is 30.2 Å². The van der Waals surface area contributed by atoms with E-state index in [1.165, 1.54) is 30.2 Å². The lowest BCUT2D eigenvalue weighted by Gasteiger charge is -2.37. The molecule has 0 saturated carbocycles. The molecule has 9 heteroatoms. The van der Waals surface area contributed by atoms with Gasteiger partial charge in [0.05, 0.1) is 0 Å².